The standard InChI is InChI=1S/C12H11BrFN3O3S/c1-20-12-9(14)4-7(5-10(12)15)21(18,19)17-11-2-3-16-6-8(11)13/h2-6H,15H2,1H3,(H,16,17). The highest BCUT2D eigenvalue weighted by atomic mass is 79.9. The number of ether oxygens (including phenoxy) is 1. The van der Waals surface area contributed by atoms with Crippen LogP contribution in [-0.4, -0.2) is 20.5 Å². The number of nitrogens with two attached hydrogens (primary N) is 1. The summed E-state index contributed by atoms with van der Waals surface area (Å²) in [5.74, 6) is -1.05. The van der Waals surface area contributed by atoms with E-state index in [9.17, 15) is 12.8 Å². The fraction of sp³-hybridized carbons (Fsp3) is 0.0833. The lowest BCUT2D eigenvalue weighted by Gasteiger charge is -2.12. The van der Waals surface area contributed by atoms with Crippen LogP contribution in [-0.2, 0) is 10.0 Å². The third-order valence-electron chi connectivity index (χ3n) is 2.58. The van der Waals surface area contributed by atoms with E-state index in [1.54, 1.807) is 0 Å². The number of sulfonamides is 1. The molecule has 0 bridgehead atoms. The van der Waals surface area contributed by atoms with Crippen LogP contribution in [0.4, 0.5) is 15.8 Å². The molecule has 2 rings (SSSR count). The average molecular weight is 376 g/mol. The van der Waals surface area contributed by atoms with E-state index in [-0.39, 0.29) is 22.0 Å². The molecule has 0 saturated carbocycles. The molecule has 112 valence electrons. The molecule has 21 heavy (non-hydrogen) atoms. The summed E-state index contributed by atoms with van der Waals surface area (Å²) in [5, 5.41) is 0. The number of pyridine rings is 1. The van der Waals surface area contributed by atoms with Gasteiger partial charge in [-0.05, 0) is 34.1 Å². The molecule has 0 amide bonds. The van der Waals surface area contributed by atoms with Gasteiger partial charge in [0.15, 0.2) is 11.6 Å². The molecular formula is C12H11BrFN3O3S. The topological polar surface area (TPSA) is 94.3 Å². The number of methoxy groups -OCH3 is 1. The summed E-state index contributed by atoms with van der Waals surface area (Å²) >= 11 is 3.17. The molecule has 0 saturated heterocycles. The molecule has 0 spiro atoms. The van der Waals surface area contributed by atoms with Crippen LogP contribution in [0.2, 0.25) is 0 Å². The van der Waals surface area contributed by atoms with Crippen molar-refractivity contribution in [2.75, 3.05) is 17.6 Å². The molecule has 6 nitrogen and oxygen atoms in total. The zero-order valence-corrected chi connectivity index (χ0v) is 13.2. The molecule has 0 radical (unpaired) electrons. The van der Waals surface area contributed by atoms with Crippen LogP contribution in [0.25, 0.3) is 0 Å². The SMILES string of the molecule is COc1c(N)cc(S(=O)(=O)Nc2ccncc2Br)cc1F. The number of hydrogen-bond donors (Lipinski definition) is 2. The van der Waals surface area contributed by atoms with Crippen molar-refractivity contribution in [2.24, 2.45) is 0 Å². The van der Waals surface area contributed by atoms with E-state index >= 15 is 0 Å². The molecule has 0 aliphatic carbocycles. The van der Waals surface area contributed by atoms with Gasteiger partial charge < -0.3 is 10.5 Å². The Morgan fingerprint density at radius 2 is 2.14 bits per heavy atom. The van der Waals surface area contributed by atoms with Crippen molar-refractivity contribution in [1.29, 1.82) is 0 Å². The number of aromatic nitrogens is 1. The Hall–Kier alpha value is -1.87. The van der Waals surface area contributed by atoms with E-state index in [1.165, 1.54) is 25.6 Å². The maximum absolute atomic E-state index is 13.7. The fourth-order valence-electron chi connectivity index (χ4n) is 1.62. The highest BCUT2D eigenvalue weighted by Gasteiger charge is 2.20. The summed E-state index contributed by atoms with van der Waals surface area (Å²) in [5.41, 5.74) is 5.75. The molecule has 0 atom stereocenters. The summed E-state index contributed by atoms with van der Waals surface area (Å²) in [6.45, 7) is 0. The quantitative estimate of drug-likeness (QED) is 0.799. The van der Waals surface area contributed by atoms with Gasteiger partial charge in [0.1, 0.15) is 0 Å². The first kappa shape index (κ1) is 15.5. The number of nitrogens with zero attached hydrogens (tertiary/aromatic N) is 1. The number of hydrogen-bond acceptors (Lipinski definition) is 5. The predicted molar refractivity (Wildman–Crippen MR) is 80.1 cm³/mol. The van der Waals surface area contributed by atoms with Crippen LogP contribution < -0.4 is 15.2 Å². The third-order valence-corrected chi connectivity index (χ3v) is 4.55. The fourth-order valence-corrected chi connectivity index (χ4v) is 3.23. The van der Waals surface area contributed by atoms with Crippen LogP contribution in [0.3, 0.4) is 0 Å². The zero-order chi connectivity index (χ0) is 15.6. The second-order valence-corrected chi connectivity index (χ2v) is 6.53. The van der Waals surface area contributed by atoms with Crippen LogP contribution in [0.5, 0.6) is 5.75 Å². The predicted octanol–water partition coefficient (Wildman–Crippen LogP) is 2.37. The van der Waals surface area contributed by atoms with Crippen LogP contribution in [0, 0.1) is 5.82 Å². The highest BCUT2D eigenvalue weighted by molar-refractivity contribution is 9.10. The Kier molecular flexibility index (Phi) is 4.33. The summed E-state index contributed by atoms with van der Waals surface area (Å²) in [6.07, 6.45) is 2.85. The van der Waals surface area contributed by atoms with Gasteiger partial charge in [-0.25, -0.2) is 12.8 Å². The first-order valence-corrected chi connectivity index (χ1v) is 7.88. The molecule has 2 aromatic rings. The Balaban J connectivity index is 2.43. The van der Waals surface area contributed by atoms with Gasteiger partial charge in [0.05, 0.1) is 27.9 Å². The van der Waals surface area contributed by atoms with Crippen molar-refractivity contribution in [2.45, 2.75) is 4.90 Å². The molecule has 1 aromatic carbocycles. The minimum atomic E-state index is -3.99. The van der Waals surface area contributed by atoms with Crippen molar-refractivity contribution in [3.05, 3.63) is 40.9 Å². The Labute approximate surface area is 129 Å². The van der Waals surface area contributed by atoms with E-state index in [1.807, 2.05) is 0 Å². The zero-order valence-electron chi connectivity index (χ0n) is 10.8. The summed E-state index contributed by atoms with van der Waals surface area (Å²) in [6, 6.07) is 3.43. The molecule has 1 aromatic heterocycles. The number of anilines is 2. The smallest absolute Gasteiger partial charge is 0.262 e. The number of benzene rings is 1. The molecule has 0 unspecified atom stereocenters. The van der Waals surface area contributed by atoms with Crippen LogP contribution in [0.15, 0.2) is 40.0 Å². The van der Waals surface area contributed by atoms with Gasteiger partial charge in [-0.2, -0.15) is 0 Å². The van der Waals surface area contributed by atoms with Gasteiger partial charge in [-0.3, -0.25) is 9.71 Å². The van der Waals surface area contributed by atoms with E-state index in [0.29, 0.717) is 4.47 Å². The number of rotatable bonds is 4. The van der Waals surface area contributed by atoms with Gasteiger partial charge in [0, 0.05) is 12.4 Å². The summed E-state index contributed by atoms with van der Waals surface area (Å²) in [7, 11) is -2.74. The number of halogens is 2. The molecule has 3 N–H and O–H groups in total. The van der Waals surface area contributed by atoms with E-state index in [0.717, 1.165) is 12.1 Å². The Morgan fingerprint density at radius 1 is 1.43 bits per heavy atom. The highest BCUT2D eigenvalue weighted by Crippen LogP contribution is 2.30. The first-order valence-electron chi connectivity index (χ1n) is 5.60. The van der Waals surface area contributed by atoms with E-state index in [2.05, 4.69) is 25.6 Å². The minimum absolute atomic E-state index is 0.105. The Morgan fingerprint density at radius 3 is 2.71 bits per heavy atom. The minimum Gasteiger partial charge on any atom is -0.492 e. The van der Waals surface area contributed by atoms with Crippen molar-refractivity contribution in [1.82, 2.24) is 4.98 Å². The molecule has 9 heteroatoms. The molecule has 0 aliphatic rings. The molecule has 1 heterocycles. The Bertz CT molecular complexity index is 760. The lowest BCUT2D eigenvalue weighted by Crippen LogP contribution is -2.14. The molecule has 0 fully saturated rings. The van der Waals surface area contributed by atoms with Crippen molar-refractivity contribution >= 4 is 37.3 Å². The van der Waals surface area contributed by atoms with Crippen molar-refractivity contribution < 1.29 is 17.5 Å². The maximum Gasteiger partial charge on any atom is 0.262 e. The van der Waals surface area contributed by atoms with E-state index < -0.39 is 15.8 Å². The van der Waals surface area contributed by atoms with Gasteiger partial charge in [-0.1, -0.05) is 0 Å². The second kappa shape index (κ2) is 5.86. The maximum atomic E-state index is 13.7. The van der Waals surface area contributed by atoms with Crippen LogP contribution >= 0.6 is 15.9 Å². The summed E-state index contributed by atoms with van der Waals surface area (Å²) < 4.78 is 45.7. The van der Waals surface area contributed by atoms with Gasteiger partial charge in [0.2, 0.25) is 0 Å². The third kappa shape index (κ3) is 3.24. The van der Waals surface area contributed by atoms with Gasteiger partial charge >= 0.3 is 0 Å². The molecular weight excluding hydrogens is 365 g/mol. The largest absolute Gasteiger partial charge is 0.492 e. The number of nitrogen functional groups attached to an aromatic ring is 1. The molecule has 0 aliphatic heterocycles. The monoisotopic (exact) mass is 375 g/mol. The normalized spacial score (nSPS) is 11.2. The van der Waals surface area contributed by atoms with Crippen molar-refractivity contribution in [3.8, 4) is 5.75 Å². The number of nitrogens with one attached hydrogen (secondary N) is 1. The van der Waals surface area contributed by atoms with Gasteiger partial charge in [0.25, 0.3) is 10.0 Å². The van der Waals surface area contributed by atoms with E-state index in [4.69, 9.17) is 10.5 Å². The average Bonchev–Trinajstić information content (AvgIpc) is 2.41. The first-order chi connectivity index (χ1) is 9.85. The second-order valence-electron chi connectivity index (χ2n) is 3.99. The van der Waals surface area contributed by atoms with Gasteiger partial charge in [-0.15, -0.1) is 0 Å². The van der Waals surface area contributed by atoms with Crippen molar-refractivity contribution in [3.63, 3.8) is 0 Å². The summed E-state index contributed by atoms with van der Waals surface area (Å²) in [4.78, 5) is 3.52. The lowest BCUT2D eigenvalue weighted by molar-refractivity contribution is 0.388. The lowest BCUT2D eigenvalue weighted by atomic mass is 10.3. The van der Waals surface area contributed by atoms with Crippen LogP contribution in [0.1, 0.15) is 0 Å².